The summed E-state index contributed by atoms with van der Waals surface area (Å²) in [6, 6.07) is 5.63. The first kappa shape index (κ1) is 30.0. The molecule has 1 spiro atoms. The Morgan fingerprint density at radius 3 is 2.66 bits per heavy atom. The van der Waals surface area contributed by atoms with E-state index in [1.54, 1.807) is 6.07 Å². The highest BCUT2D eigenvalue weighted by Crippen LogP contribution is 2.43. The van der Waals surface area contributed by atoms with Gasteiger partial charge in [0.25, 0.3) is 0 Å². The molecule has 0 aromatic heterocycles. The van der Waals surface area contributed by atoms with Crippen LogP contribution in [0.3, 0.4) is 0 Å². The van der Waals surface area contributed by atoms with Crippen LogP contribution in [0.5, 0.6) is 11.5 Å². The maximum absolute atomic E-state index is 11.3. The number of benzene rings is 1. The molecule has 1 aromatic carbocycles. The zero-order valence-corrected chi connectivity index (χ0v) is 24.9. The summed E-state index contributed by atoms with van der Waals surface area (Å²) in [4.78, 5) is 0. The predicted octanol–water partition coefficient (Wildman–Crippen LogP) is 6.40. The minimum Gasteiger partial charge on any atom is -0.504 e. The van der Waals surface area contributed by atoms with E-state index in [-0.39, 0.29) is 24.1 Å². The first-order valence-electron chi connectivity index (χ1n) is 16.2. The molecule has 4 atom stereocenters. The normalized spacial score (nSPS) is 27.6. The molecular formula is C35H50N2O4. The number of hydrogen-bond acceptors (Lipinski definition) is 6. The minimum absolute atomic E-state index is 0.0313. The first-order chi connectivity index (χ1) is 19.9. The van der Waals surface area contributed by atoms with E-state index in [1.165, 1.54) is 25.7 Å². The number of rotatable bonds is 7. The quantitative estimate of drug-likeness (QED) is 0.287. The molecule has 2 saturated carbocycles. The van der Waals surface area contributed by atoms with Crippen LogP contribution in [-0.2, 0) is 11.2 Å². The zero-order valence-electron chi connectivity index (χ0n) is 24.9. The van der Waals surface area contributed by atoms with Crippen LogP contribution in [0.4, 0.5) is 0 Å². The van der Waals surface area contributed by atoms with E-state index in [1.807, 2.05) is 24.4 Å². The smallest absolute Gasteiger partial charge is 0.161 e. The van der Waals surface area contributed by atoms with Gasteiger partial charge in [0.15, 0.2) is 11.5 Å². The third-order valence-corrected chi connectivity index (χ3v) is 9.39. The van der Waals surface area contributed by atoms with Crippen molar-refractivity contribution in [3.05, 3.63) is 47.2 Å². The number of hydrogen-bond donors (Lipinski definition) is 4. The maximum Gasteiger partial charge on any atom is 0.161 e. The lowest BCUT2D eigenvalue weighted by atomic mass is 9.75. The highest BCUT2D eigenvalue weighted by atomic mass is 16.5. The van der Waals surface area contributed by atoms with Gasteiger partial charge in [0, 0.05) is 23.3 Å². The Labute approximate surface area is 246 Å². The summed E-state index contributed by atoms with van der Waals surface area (Å²) in [6.07, 6.45) is 19.6. The Hall–Kier alpha value is -2.46. The Balaban J connectivity index is 1.26. The van der Waals surface area contributed by atoms with Crippen LogP contribution >= 0.6 is 0 Å². The van der Waals surface area contributed by atoms with Crippen molar-refractivity contribution in [1.82, 2.24) is 5.32 Å². The molecule has 5 N–H and O–H groups in total. The molecular weight excluding hydrogens is 512 g/mol. The summed E-state index contributed by atoms with van der Waals surface area (Å²) in [7, 11) is 0. The van der Waals surface area contributed by atoms with Gasteiger partial charge in [-0.25, -0.2) is 0 Å². The van der Waals surface area contributed by atoms with Crippen LogP contribution in [0, 0.1) is 17.8 Å². The van der Waals surface area contributed by atoms with Gasteiger partial charge in [0.1, 0.15) is 0 Å². The molecule has 2 aliphatic heterocycles. The molecule has 224 valence electrons. The molecule has 1 aromatic rings. The molecule has 6 heteroatoms. The number of aliphatic hydroxyl groups excluding tert-OH is 1. The van der Waals surface area contributed by atoms with E-state index in [0.29, 0.717) is 24.5 Å². The maximum atomic E-state index is 11.3. The van der Waals surface area contributed by atoms with Crippen molar-refractivity contribution in [2.45, 2.75) is 140 Å². The molecule has 2 aliphatic carbocycles. The van der Waals surface area contributed by atoms with Crippen molar-refractivity contribution < 1.29 is 19.7 Å². The second-order valence-electron chi connectivity index (χ2n) is 12.8. The summed E-state index contributed by atoms with van der Waals surface area (Å²) in [5.74, 6) is 8.01. The second kappa shape index (κ2) is 14.1. The predicted molar refractivity (Wildman–Crippen MR) is 163 cm³/mol. The van der Waals surface area contributed by atoms with Gasteiger partial charge in [0.2, 0.25) is 0 Å². The number of aromatic hydroxyl groups is 1. The number of ether oxygens (including phenoxy) is 2. The first-order valence-corrected chi connectivity index (χ1v) is 16.2. The number of aryl methyl sites for hydroxylation is 1. The van der Waals surface area contributed by atoms with Crippen molar-refractivity contribution in [2.24, 2.45) is 11.7 Å². The molecule has 0 saturated heterocycles. The van der Waals surface area contributed by atoms with Gasteiger partial charge in [-0.05, 0) is 101 Å². The average Bonchev–Trinajstić information content (AvgIpc) is 2.99. The molecule has 6 nitrogen and oxygen atoms in total. The Morgan fingerprint density at radius 2 is 1.85 bits per heavy atom. The number of fused-ring (bicyclic) bond motifs is 2. The Morgan fingerprint density at radius 1 is 1.07 bits per heavy atom. The van der Waals surface area contributed by atoms with E-state index >= 15 is 0 Å². The lowest BCUT2D eigenvalue weighted by Crippen LogP contribution is -2.45. The van der Waals surface area contributed by atoms with Crippen LogP contribution in [0.25, 0.3) is 0 Å². The summed E-state index contributed by atoms with van der Waals surface area (Å²) in [5.41, 5.74) is 9.05. The monoisotopic (exact) mass is 562 g/mol. The number of dihydropyridines is 1. The number of aliphatic hydroxyl groups is 1. The van der Waals surface area contributed by atoms with Gasteiger partial charge in [-0.2, -0.15) is 0 Å². The van der Waals surface area contributed by atoms with Gasteiger partial charge in [0.05, 0.1) is 30.1 Å². The fourth-order valence-electron chi connectivity index (χ4n) is 7.03. The van der Waals surface area contributed by atoms with Gasteiger partial charge < -0.3 is 30.7 Å². The topological polar surface area (TPSA) is 97.0 Å². The van der Waals surface area contributed by atoms with E-state index in [0.717, 1.165) is 80.9 Å². The summed E-state index contributed by atoms with van der Waals surface area (Å²) in [5, 5.41) is 25.0. The van der Waals surface area contributed by atoms with Gasteiger partial charge in [-0.1, -0.05) is 50.5 Å². The van der Waals surface area contributed by atoms with Gasteiger partial charge in [-0.3, -0.25) is 0 Å². The van der Waals surface area contributed by atoms with Gasteiger partial charge >= 0.3 is 0 Å². The Kier molecular flexibility index (Phi) is 10.3. The molecule has 2 heterocycles. The molecule has 2 fully saturated rings. The van der Waals surface area contributed by atoms with Crippen LogP contribution in [-0.4, -0.2) is 40.3 Å². The minimum atomic E-state index is -0.474. The molecule has 0 amide bonds. The number of nitrogens with one attached hydrogen (secondary N) is 1. The molecule has 0 radical (unpaired) electrons. The average molecular weight is 563 g/mol. The lowest BCUT2D eigenvalue weighted by molar-refractivity contribution is -0.105. The van der Waals surface area contributed by atoms with E-state index in [2.05, 4.69) is 24.1 Å². The summed E-state index contributed by atoms with van der Waals surface area (Å²) < 4.78 is 13.3. The second-order valence-corrected chi connectivity index (χ2v) is 12.8. The third-order valence-electron chi connectivity index (χ3n) is 9.39. The van der Waals surface area contributed by atoms with Gasteiger partial charge in [-0.15, -0.1) is 0 Å². The highest BCUT2D eigenvalue weighted by Gasteiger charge is 2.41. The Bertz CT molecular complexity index is 1140. The van der Waals surface area contributed by atoms with E-state index in [4.69, 9.17) is 15.2 Å². The van der Waals surface area contributed by atoms with Crippen molar-refractivity contribution >= 4 is 0 Å². The fourth-order valence-corrected chi connectivity index (χ4v) is 7.03. The van der Waals surface area contributed by atoms with Crippen molar-refractivity contribution in [3.8, 4) is 23.3 Å². The highest BCUT2D eigenvalue weighted by molar-refractivity contribution is 5.52. The molecule has 0 bridgehead atoms. The van der Waals surface area contributed by atoms with Crippen molar-refractivity contribution in [1.29, 1.82) is 0 Å². The van der Waals surface area contributed by atoms with Crippen LogP contribution < -0.4 is 15.8 Å². The third kappa shape index (κ3) is 8.09. The molecule has 5 rings (SSSR count). The standard InChI is InChI=1S/C35H50N2O4/c1-25-9-8-12-30(41-35(19-6-3-7-20-35)31-24-37-34(36)22-27(31)16-13-25)23-28(38)17-14-26-15-18-32(39)33(21-26)40-29-10-4-2-5-11-29/h15,18,21-22,24-25,28-30,34,37-39H,2-12,14,17,19-20,23,36H2,1H3. The molecule has 4 aliphatic rings. The summed E-state index contributed by atoms with van der Waals surface area (Å²) >= 11 is 0. The fraction of sp³-hybridized carbons (Fsp3) is 0.657. The number of phenolic OH excluding ortho intramolecular Hbond substituents is 1. The van der Waals surface area contributed by atoms with Crippen LogP contribution in [0.1, 0.15) is 109 Å². The zero-order chi connectivity index (χ0) is 28.7. The largest absolute Gasteiger partial charge is 0.504 e. The lowest BCUT2D eigenvalue weighted by Gasteiger charge is -2.43. The molecule has 4 unspecified atom stereocenters. The van der Waals surface area contributed by atoms with Crippen LogP contribution in [0.2, 0.25) is 0 Å². The van der Waals surface area contributed by atoms with E-state index < -0.39 is 11.7 Å². The molecule has 41 heavy (non-hydrogen) atoms. The number of phenols is 1. The SMILES string of the molecule is CC1C#CC2=CC(N)NC=C2C2(CCCCC2)OC(CC(O)CCc2ccc(O)c(OC3CCCCC3)c2)CCC1. The van der Waals surface area contributed by atoms with Crippen LogP contribution in [0.15, 0.2) is 41.6 Å². The number of nitrogens with two attached hydrogens (primary N) is 1. The van der Waals surface area contributed by atoms with E-state index in [9.17, 15) is 10.2 Å². The van der Waals surface area contributed by atoms with Crippen molar-refractivity contribution in [2.75, 3.05) is 0 Å². The summed E-state index contributed by atoms with van der Waals surface area (Å²) in [6.45, 7) is 2.20. The van der Waals surface area contributed by atoms with Crippen molar-refractivity contribution in [3.63, 3.8) is 0 Å².